The van der Waals surface area contributed by atoms with Gasteiger partial charge in [-0.3, -0.25) is 19.8 Å². The van der Waals surface area contributed by atoms with Crippen molar-refractivity contribution in [3.63, 3.8) is 0 Å². The summed E-state index contributed by atoms with van der Waals surface area (Å²) in [6, 6.07) is 6.52. The lowest BCUT2D eigenvalue weighted by Crippen LogP contribution is -2.46. The molecular formula is C14H16N2O3. The zero-order valence-corrected chi connectivity index (χ0v) is 11.2. The molecule has 1 N–H and O–H groups in total. The molecule has 0 aromatic heterocycles. The number of hydrazine groups is 1. The number of carbonyl (C=O) groups is 3. The van der Waals surface area contributed by atoms with Gasteiger partial charge in [-0.05, 0) is 17.5 Å². The normalized spacial score (nSPS) is 14.6. The lowest BCUT2D eigenvalue weighted by Gasteiger charge is -2.20. The molecule has 0 aliphatic carbocycles. The third-order valence-corrected chi connectivity index (χ3v) is 2.72. The first-order valence-electron chi connectivity index (χ1n) is 6.07. The predicted molar refractivity (Wildman–Crippen MR) is 69.2 cm³/mol. The van der Waals surface area contributed by atoms with Crippen molar-refractivity contribution in [2.45, 2.75) is 27.2 Å². The molecule has 1 aliphatic rings. The summed E-state index contributed by atoms with van der Waals surface area (Å²) < 4.78 is 0. The Morgan fingerprint density at radius 1 is 1.11 bits per heavy atom. The molecule has 0 spiro atoms. The third kappa shape index (κ3) is 2.65. The smallest absolute Gasteiger partial charge is 0.273 e. The Hall–Kier alpha value is -2.17. The average molecular weight is 260 g/mol. The Kier molecular flexibility index (Phi) is 3.14. The molecule has 1 aliphatic heterocycles. The molecule has 0 atom stereocenters. The number of imide groups is 1. The summed E-state index contributed by atoms with van der Waals surface area (Å²) >= 11 is 0. The van der Waals surface area contributed by atoms with Gasteiger partial charge in [0, 0.05) is 6.42 Å². The highest BCUT2D eigenvalue weighted by Crippen LogP contribution is 2.22. The van der Waals surface area contributed by atoms with E-state index in [-0.39, 0.29) is 17.7 Å². The van der Waals surface area contributed by atoms with Gasteiger partial charge in [0.05, 0.1) is 11.1 Å². The van der Waals surface area contributed by atoms with Gasteiger partial charge in [-0.1, -0.05) is 32.9 Å². The monoisotopic (exact) mass is 260 g/mol. The van der Waals surface area contributed by atoms with Crippen molar-refractivity contribution in [3.05, 3.63) is 35.4 Å². The second kappa shape index (κ2) is 4.50. The van der Waals surface area contributed by atoms with Crippen molar-refractivity contribution >= 4 is 17.7 Å². The molecule has 3 amide bonds. The topological polar surface area (TPSA) is 66.5 Å². The van der Waals surface area contributed by atoms with Crippen LogP contribution in [0.15, 0.2) is 24.3 Å². The average Bonchev–Trinajstić information content (AvgIpc) is 2.53. The maximum Gasteiger partial charge on any atom is 0.280 e. The van der Waals surface area contributed by atoms with E-state index in [1.165, 1.54) is 0 Å². The summed E-state index contributed by atoms with van der Waals surface area (Å²) in [5.41, 5.74) is 2.82. The summed E-state index contributed by atoms with van der Waals surface area (Å²) in [4.78, 5) is 35.8. The van der Waals surface area contributed by atoms with Crippen LogP contribution in [0.5, 0.6) is 0 Å². The first-order valence-corrected chi connectivity index (χ1v) is 6.07. The highest BCUT2D eigenvalue weighted by atomic mass is 16.2. The molecule has 0 unspecified atom stereocenters. The van der Waals surface area contributed by atoms with E-state index in [1.54, 1.807) is 24.3 Å². The number of hydrogen-bond acceptors (Lipinski definition) is 3. The fraction of sp³-hybridized carbons (Fsp3) is 0.357. The van der Waals surface area contributed by atoms with Crippen LogP contribution in [0, 0.1) is 5.41 Å². The van der Waals surface area contributed by atoms with Crippen molar-refractivity contribution in [2.24, 2.45) is 5.41 Å². The minimum absolute atomic E-state index is 0.206. The van der Waals surface area contributed by atoms with E-state index in [2.05, 4.69) is 5.43 Å². The Bertz CT molecular complexity index is 523. The number of nitrogens with one attached hydrogen (secondary N) is 1. The minimum Gasteiger partial charge on any atom is -0.273 e. The van der Waals surface area contributed by atoms with Gasteiger partial charge in [-0.2, -0.15) is 5.01 Å². The number of nitrogens with zero attached hydrogens (tertiary/aromatic N) is 1. The molecule has 0 bridgehead atoms. The van der Waals surface area contributed by atoms with E-state index in [0.717, 1.165) is 5.01 Å². The van der Waals surface area contributed by atoms with E-state index >= 15 is 0 Å². The number of rotatable bonds is 2. The molecule has 1 heterocycles. The summed E-state index contributed by atoms with van der Waals surface area (Å²) in [7, 11) is 0. The Labute approximate surface area is 111 Å². The van der Waals surface area contributed by atoms with E-state index < -0.39 is 11.8 Å². The molecular weight excluding hydrogens is 244 g/mol. The second-order valence-corrected chi connectivity index (χ2v) is 5.76. The molecule has 0 fully saturated rings. The van der Waals surface area contributed by atoms with Crippen molar-refractivity contribution < 1.29 is 14.4 Å². The van der Waals surface area contributed by atoms with Gasteiger partial charge in [0.25, 0.3) is 11.8 Å². The van der Waals surface area contributed by atoms with Gasteiger partial charge < -0.3 is 0 Å². The van der Waals surface area contributed by atoms with Crippen LogP contribution >= 0.6 is 0 Å². The Morgan fingerprint density at radius 2 is 1.58 bits per heavy atom. The first-order chi connectivity index (χ1) is 8.79. The van der Waals surface area contributed by atoms with E-state index in [0.29, 0.717) is 11.1 Å². The van der Waals surface area contributed by atoms with Gasteiger partial charge in [0.1, 0.15) is 0 Å². The summed E-state index contributed by atoms with van der Waals surface area (Å²) in [5.74, 6) is -1.31. The van der Waals surface area contributed by atoms with Crippen molar-refractivity contribution in [1.82, 2.24) is 10.4 Å². The number of hydrogen-bond donors (Lipinski definition) is 1. The molecule has 19 heavy (non-hydrogen) atoms. The lowest BCUT2D eigenvalue weighted by atomic mass is 9.92. The molecule has 1 aromatic rings. The van der Waals surface area contributed by atoms with Gasteiger partial charge in [0.15, 0.2) is 0 Å². The zero-order valence-electron chi connectivity index (χ0n) is 11.2. The predicted octanol–water partition coefficient (Wildman–Crippen LogP) is 1.75. The molecule has 5 heteroatoms. The van der Waals surface area contributed by atoms with Crippen molar-refractivity contribution in [2.75, 3.05) is 0 Å². The number of fused-ring (bicyclic) bond motifs is 1. The zero-order chi connectivity index (χ0) is 14.2. The van der Waals surface area contributed by atoms with E-state index in [1.807, 2.05) is 20.8 Å². The van der Waals surface area contributed by atoms with Gasteiger partial charge in [-0.15, -0.1) is 0 Å². The fourth-order valence-corrected chi connectivity index (χ4v) is 1.94. The Morgan fingerprint density at radius 3 is 2.00 bits per heavy atom. The molecule has 0 radical (unpaired) electrons. The van der Waals surface area contributed by atoms with Crippen LogP contribution in [0.25, 0.3) is 0 Å². The standard InChI is InChI=1S/C14H16N2O3/c1-14(2,3)8-11(17)15-16-12(18)9-6-4-5-7-10(9)13(16)19/h4-7H,8H2,1-3H3,(H,15,17). The second-order valence-electron chi connectivity index (χ2n) is 5.76. The van der Waals surface area contributed by atoms with Crippen LogP contribution in [0.3, 0.4) is 0 Å². The number of benzene rings is 1. The molecule has 100 valence electrons. The highest BCUT2D eigenvalue weighted by Gasteiger charge is 2.36. The van der Waals surface area contributed by atoms with Crippen molar-refractivity contribution in [3.8, 4) is 0 Å². The number of carbonyl (C=O) groups excluding carboxylic acids is 3. The first kappa shape index (κ1) is 13.3. The maximum atomic E-state index is 12.0. The van der Waals surface area contributed by atoms with Crippen LogP contribution in [-0.2, 0) is 4.79 Å². The van der Waals surface area contributed by atoms with E-state index in [9.17, 15) is 14.4 Å². The maximum absolute atomic E-state index is 12.0. The van der Waals surface area contributed by atoms with Gasteiger partial charge in [-0.25, -0.2) is 0 Å². The van der Waals surface area contributed by atoms with Crippen LogP contribution in [0.4, 0.5) is 0 Å². The fourth-order valence-electron chi connectivity index (χ4n) is 1.94. The minimum atomic E-state index is -0.483. The molecule has 0 saturated carbocycles. The SMILES string of the molecule is CC(C)(C)CC(=O)NN1C(=O)c2ccccc2C1=O. The highest BCUT2D eigenvalue weighted by molar-refractivity contribution is 6.21. The number of amides is 3. The molecule has 0 saturated heterocycles. The largest absolute Gasteiger partial charge is 0.280 e. The summed E-state index contributed by atoms with van der Waals surface area (Å²) in [6.45, 7) is 5.73. The van der Waals surface area contributed by atoms with Crippen LogP contribution < -0.4 is 5.43 Å². The van der Waals surface area contributed by atoms with Crippen LogP contribution in [0.2, 0.25) is 0 Å². The summed E-state index contributed by atoms with van der Waals surface area (Å²) in [5, 5.41) is 0.790. The molecule has 2 rings (SSSR count). The molecule has 5 nitrogen and oxygen atoms in total. The third-order valence-electron chi connectivity index (χ3n) is 2.72. The van der Waals surface area contributed by atoms with Gasteiger partial charge in [0.2, 0.25) is 5.91 Å². The Balaban J connectivity index is 2.15. The van der Waals surface area contributed by atoms with Crippen LogP contribution in [0.1, 0.15) is 47.9 Å². The van der Waals surface area contributed by atoms with Gasteiger partial charge >= 0.3 is 0 Å². The van der Waals surface area contributed by atoms with Crippen molar-refractivity contribution in [1.29, 1.82) is 0 Å². The quantitative estimate of drug-likeness (QED) is 0.824. The summed E-state index contributed by atoms with van der Waals surface area (Å²) in [6.07, 6.45) is 0.237. The lowest BCUT2D eigenvalue weighted by molar-refractivity contribution is -0.125. The van der Waals surface area contributed by atoms with E-state index in [4.69, 9.17) is 0 Å². The molecule has 1 aromatic carbocycles. The van der Waals surface area contributed by atoms with Crippen LogP contribution in [-0.4, -0.2) is 22.7 Å².